The van der Waals surface area contributed by atoms with E-state index in [0.29, 0.717) is 24.0 Å². The van der Waals surface area contributed by atoms with Gasteiger partial charge in [0.15, 0.2) is 0 Å². The van der Waals surface area contributed by atoms with E-state index < -0.39 is 149 Å². The van der Waals surface area contributed by atoms with Gasteiger partial charge in [0.2, 0.25) is 70.9 Å². The molecule has 0 saturated carbocycles. The van der Waals surface area contributed by atoms with Gasteiger partial charge in [0.1, 0.15) is 60.4 Å². The normalized spacial score (nSPS) is 26.3. The van der Waals surface area contributed by atoms with E-state index >= 15 is 0 Å². The van der Waals surface area contributed by atoms with Crippen LogP contribution in [0.5, 0.6) is 0 Å². The summed E-state index contributed by atoms with van der Waals surface area (Å²) in [6.45, 7) is 13.8. The van der Waals surface area contributed by atoms with Crippen molar-refractivity contribution in [3.05, 3.63) is 71.8 Å². The number of hydrogen-bond acceptors (Lipinski definition) is 12. The van der Waals surface area contributed by atoms with Crippen LogP contribution in [0.4, 0.5) is 0 Å². The summed E-state index contributed by atoms with van der Waals surface area (Å²) >= 11 is 0. The van der Waals surface area contributed by atoms with Crippen LogP contribution in [0.3, 0.4) is 0 Å². The van der Waals surface area contributed by atoms with Crippen LogP contribution < -0.4 is 54.0 Å². The lowest BCUT2D eigenvalue weighted by Gasteiger charge is -2.33. The number of nitrogens with two attached hydrogens (primary N) is 2. The fraction of sp³-hybridized carbons (Fsp3) is 0.593. The van der Waals surface area contributed by atoms with E-state index in [0.717, 1.165) is 0 Å². The summed E-state index contributed by atoms with van der Waals surface area (Å²) < 4.78 is 0. The maximum atomic E-state index is 14.9. The summed E-state index contributed by atoms with van der Waals surface area (Å²) in [5.41, 5.74) is 12.4. The van der Waals surface area contributed by atoms with E-state index in [9.17, 15) is 57.5 Å². The maximum absolute atomic E-state index is 14.9. The Kier molecular flexibility index (Phi) is 24.6. The van der Waals surface area contributed by atoms with Crippen molar-refractivity contribution in [2.75, 3.05) is 13.1 Å². The zero-order valence-corrected chi connectivity index (χ0v) is 49.0. The summed E-state index contributed by atoms with van der Waals surface area (Å²) in [6.07, 6.45) is -0.245. The SMILES string of the molecule is CC(C)C[C@@H]1NC(=O)[C@H](CCC(N)=O)NC(=O)[C@H](C(C)C)NC(=O)[C@@H]2CCCN2C(=O)[C@H](Cc2ccccc2)NC(=O)[C@H](C(C)C)NC(=O)[C@H](CCC(N)=O)NC(=O)[C@H](C(C)C)NC(=O)[C@@H]2CCCN2C(=O)[C@H](Cc2ccccc2)NC1=O. The lowest BCUT2D eigenvalue weighted by molar-refractivity contribution is -0.143. The van der Waals surface area contributed by atoms with Gasteiger partial charge in [0.25, 0.3) is 0 Å². The van der Waals surface area contributed by atoms with Crippen LogP contribution in [0.25, 0.3) is 0 Å². The monoisotopic (exact) mass is 1150 g/mol. The molecule has 2 aromatic rings. The molecule has 3 aliphatic rings. The average Bonchev–Trinajstić information content (AvgIpc) is 4.21. The van der Waals surface area contributed by atoms with Gasteiger partial charge >= 0.3 is 0 Å². The van der Waals surface area contributed by atoms with Gasteiger partial charge in [-0.05, 0) is 79.7 Å². The molecule has 0 unspecified atom stereocenters. The summed E-state index contributed by atoms with van der Waals surface area (Å²) in [4.78, 5) is 172. The van der Waals surface area contributed by atoms with Crippen LogP contribution in [0.2, 0.25) is 0 Å². The number of amides is 12. The molecule has 12 N–H and O–H groups in total. The largest absolute Gasteiger partial charge is 0.370 e. The molecule has 12 amide bonds. The van der Waals surface area contributed by atoms with Crippen LogP contribution in [0, 0.1) is 23.7 Å². The molecule has 3 aliphatic heterocycles. The number of nitrogens with zero attached hydrogens (tertiary/aromatic N) is 2. The van der Waals surface area contributed by atoms with E-state index in [1.165, 1.54) is 9.80 Å². The Balaban J connectivity index is 1.60. The first-order chi connectivity index (χ1) is 39.2. The number of fused-ring (bicyclic) bond motifs is 2. The predicted octanol–water partition coefficient (Wildman–Crippen LogP) is -0.109. The standard InChI is InChI=1S/C59H86N12O12/c1-32(2)29-40-52(76)65-41(30-36-17-11-9-12-18-36)58(82)70-27-15-21-43(70)53(77)69-49(35(7)8)56(80)63-39(24-26-46(61)73)51(75)67-47(33(3)4)57(81)66-42(31-37-19-13-10-14-20-37)59(83)71-28-16-22-44(71)54(78)68-48(34(5)6)55(79)62-38(50(74)64-40)23-25-45(60)72/h9-14,17-20,32-35,38-44,47-49H,15-16,21-31H2,1-8H3,(H2,60,72)(H2,61,73)(H,62,79)(H,63,80)(H,64,74)(H,65,76)(H,66,81)(H,67,75)(H,68,78)(H,69,77)/t38-,39-,40-,41-,42-,43-,44-,47-,48-,49-/m0/s1. The Labute approximate surface area is 485 Å². The molecule has 0 bridgehead atoms. The van der Waals surface area contributed by atoms with Crippen molar-refractivity contribution in [1.29, 1.82) is 0 Å². The fourth-order valence-corrected chi connectivity index (χ4v) is 10.6. The Hall–Kier alpha value is -7.92. The van der Waals surface area contributed by atoms with Crippen molar-refractivity contribution in [2.24, 2.45) is 35.1 Å². The molecular weight excluding hydrogens is 1070 g/mol. The minimum atomic E-state index is -1.47. The second-order valence-corrected chi connectivity index (χ2v) is 23.4. The van der Waals surface area contributed by atoms with Crippen LogP contribution in [-0.4, -0.2) is 154 Å². The van der Waals surface area contributed by atoms with E-state index in [1.807, 2.05) is 13.8 Å². The van der Waals surface area contributed by atoms with Crippen molar-refractivity contribution >= 4 is 70.9 Å². The first kappa shape index (κ1) is 65.9. The van der Waals surface area contributed by atoms with Crippen LogP contribution in [-0.2, 0) is 70.4 Å². The first-order valence-electron chi connectivity index (χ1n) is 28.9. The molecular formula is C59H86N12O12. The summed E-state index contributed by atoms with van der Waals surface area (Å²) in [5.74, 6) is -11.2. The van der Waals surface area contributed by atoms with Gasteiger partial charge in [-0.2, -0.15) is 0 Å². The average molecular weight is 1160 g/mol. The van der Waals surface area contributed by atoms with E-state index in [-0.39, 0.29) is 76.8 Å². The second-order valence-electron chi connectivity index (χ2n) is 23.4. The fourth-order valence-electron chi connectivity index (χ4n) is 10.6. The van der Waals surface area contributed by atoms with Gasteiger partial charge in [-0.25, -0.2) is 0 Å². The molecule has 10 atom stereocenters. The molecule has 5 rings (SSSR count). The quantitative estimate of drug-likeness (QED) is 0.112. The third-order valence-electron chi connectivity index (χ3n) is 15.2. The second kappa shape index (κ2) is 30.9. The minimum Gasteiger partial charge on any atom is -0.370 e. The van der Waals surface area contributed by atoms with Crippen molar-refractivity contribution in [3.63, 3.8) is 0 Å². The number of rotatable bonds is 15. The zero-order chi connectivity index (χ0) is 61.2. The highest BCUT2D eigenvalue weighted by Gasteiger charge is 2.43. The van der Waals surface area contributed by atoms with Crippen molar-refractivity contribution in [1.82, 2.24) is 52.3 Å². The lowest BCUT2D eigenvalue weighted by atomic mass is 9.98. The minimum absolute atomic E-state index is 0.0373. The van der Waals surface area contributed by atoms with E-state index in [4.69, 9.17) is 11.5 Å². The van der Waals surface area contributed by atoms with E-state index in [1.54, 1.807) is 102 Å². The molecule has 0 spiro atoms. The maximum Gasteiger partial charge on any atom is 0.246 e. The molecule has 24 nitrogen and oxygen atoms in total. The summed E-state index contributed by atoms with van der Waals surface area (Å²) in [5, 5.41) is 22.0. The molecule has 3 fully saturated rings. The van der Waals surface area contributed by atoms with E-state index in [2.05, 4.69) is 42.5 Å². The number of hydrogen-bond donors (Lipinski definition) is 10. The van der Waals surface area contributed by atoms with Crippen LogP contribution in [0.15, 0.2) is 60.7 Å². The topological polar surface area (TPSA) is 360 Å². The molecule has 0 radical (unpaired) electrons. The molecule has 0 aromatic heterocycles. The molecule has 3 saturated heterocycles. The van der Waals surface area contributed by atoms with Gasteiger partial charge in [0.05, 0.1) is 0 Å². The number of carbonyl (C=O) groups excluding carboxylic acids is 12. The Morgan fingerprint density at radius 2 is 0.747 bits per heavy atom. The Bertz CT molecular complexity index is 2650. The third-order valence-corrected chi connectivity index (χ3v) is 15.2. The number of benzene rings is 2. The Morgan fingerprint density at radius 1 is 0.434 bits per heavy atom. The molecule has 3 heterocycles. The highest BCUT2D eigenvalue weighted by Crippen LogP contribution is 2.24. The highest BCUT2D eigenvalue weighted by atomic mass is 16.2. The zero-order valence-electron chi connectivity index (χ0n) is 49.0. The molecule has 2 aromatic carbocycles. The summed E-state index contributed by atoms with van der Waals surface area (Å²) in [6, 6.07) is 4.57. The number of carbonyl (C=O) groups is 12. The van der Waals surface area contributed by atoms with Crippen molar-refractivity contribution in [2.45, 2.75) is 186 Å². The predicted molar refractivity (Wildman–Crippen MR) is 306 cm³/mol. The van der Waals surface area contributed by atoms with Gasteiger partial charge < -0.3 is 63.8 Å². The molecule has 83 heavy (non-hydrogen) atoms. The van der Waals surface area contributed by atoms with Crippen LogP contribution >= 0.6 is 0 Å². The van der Waals surface area contributed by atoms with Crippen molar-refractivity contribution < 1.29 is 57.5 Å². The van der Waals surface area contributed by atoms with Gasteiger partial charge in [-0.1, -0.05) is 116 Å². The van der Waals surface area contributed by atoms with Crippen LogP contribution in [0.1, 0.15) is 124 Å². The first-order valence-corrected chi connectivity index (χ1v) is 28.9. The third kappa shape index (κ3) is 19.1. The van der Waals surface area contributed by atoms with Gasteiger partial charge in [-0.3, -0.25) is 57.5 Å². The van der Waals surface area contributed by atoms with Gasteiger partial charge in [0, 0.05) is 38.8 Å². The molecule has 0 aliphatic carbocycles. The molecule has 24 heteroatoms. The molecule has 454 valence electrons. The highest BCUT2D eigenvalue weighted by molar-refractivity contribution is 6.00. The van der Waals surface area contributed by atoms with Gasteiger partial charge in [-0.15, -0.1) is 0 Å². The number of nitrogens with one attached hydrogen (secondary N) is 8. The Morgan fingerprint density at radius 3 is 1.10 bits per heavy atom. The van der Waals surface area contributed by atoms with Crippen molar-refractivity contribution in [3.8, 4) is 0 Å². The smallest absolute Gasteiger partial charge is 0.246 e. The lowest BCUT2D eigenvalue weighted by Crippen LogP contribution is -2.62. The summed E-state index contributed by atoms with van der Waals surface area (Å²) in [7, 11) is 0. The number of primary amides is 2.